The summed E-state index contributed by atoms with van der Waals surface area (Å²) in [7, 11) is 0. The summed E-state index contributed by atoms with van der Waals surface area (Å²) in [6.07, 6.45) is 3.72. The van der Waals surface area contributed by atoms with E-state index in [-0.39, 0.29) is 5.91 Å². The number of nitrogens with zero attached hydrogens (tertiary/aromatic N) is 1. The van der Waals surface area contributed by atoms with E-state index in [1.54, 1.807) is 0 Å². The fourth-order valence-electron chi connectivity index (χ4n) is 2.87. The summed E-state index contributed by atoms with van der Waals surface area (Å²) < 4.78 is 5.40. The van der Waals surface area contributed by atoms with Crippen LogP contribution in [0.4, 0.5) is 0 Å². The largest absolute Gasteiger partial charge is 0.466 e. The van der Waals surface area contributed by atoms with E-state index in [9.17, 15) is 4.79 Å². The number of hydrogen-bond acceptors (Lipinski definition) is 3. The van der Waals surface area contributed by atoms with Crippen molar-refractivity contribution >= 4 is 5.91 Å². The van der Waals surface area contributed by atoms with Crippen molar-refractivity contribution in [2.24, 2.45) is 0 Å². The molecule has 0 radical (unpaired) electrons. The van der Waals surface area contributed by atoms with Crippen LogP contribution in [0.25, 0.3) is 0 Å². The lowest BCUT2D eigenvalue weighted by molar-refractivity contribution is 0.0916. The summed E-state index contributed by atoms with van der Waals surface area (Å²) in [6.45, 7) is 8.83. The van der Waals surface area contributed by atoms with Gasteiger partial charge in [0.15, 0.2) is 0 Å². The highest BCUT2D eigenvalue weighted by Gasteiger charge is 2.22. The minimum atomic E-state index is -0.0176. The number of rotatable bonds is 4. The summed E-state index contributed by atoms with van der Waals surface area (Å²) in [5.41, 5.74) is 0.663. The number of likely N-dealkylation sites (N-methyl/N-ethyl adjacent to an activating group) is 1. The number of carbonyl (C=O) groups excluding carboxylic acids is 1. The maximum absolute atomic E-state index is 12.1. The van der Waals surface area contributed by atoms with Crippen molar-refractivity contribution < 1.29 is 9.21 Å². The van der Waals surface area contributed by atoms with Gasteiger partial charge in [0.25, 0.3) is 5.91 Å². The molecule has 106 valence electrons. The van der Waals surface area contributed by atoms with Crippen LogP contribution in [0, 0.1) is 13.8 Å². The van der Waals surface area contributed by atoms with Gasteiger partial charge in [-0.15, -0.1) is 0 Å². The monoisotopic (exact) mass is 264 g/mol. The third-order valence-electron chi connectivity index (χ3n) is 3.94. The van der Waals surface area contributed by atoms with Crippen molar-refractivity contribution in [2.75, 3.05) is 19.6 Å². The van der Waals surface area contributed by atoms with Gasteiger partial charge in [0.05, 0.1) is 5.56 Å². The predicted molar refractivity (Wildman–Crippen MR) is 75.4 cm³/mol. The van der Waals surface area contributed by atoms with Crippen LogP contribution in [0.3, 0.4) is 0 Å². The predicted octanol–water partition coefficient (Wildman–Crippen LogP) is 2.50. The average molecular weight is 264 g/mol. The van der Waals surface area contributed by atoms with Gasteiger partial charge in [-0.05, 0) is 45.8 Å². The van der Waals surface area contributed by atoms with E-state index >= 15 is 0 Å². The topological polar surface area (TPSA) is 45.5 Å². The Morgan fingerprint density at radius 1 is 1.47 bits per heavy atom. The Hall–Kier alpha value is -1.29. The molecule has 1 N–H and O–H groups in total. The molecule has 0 spiro atoms. The van der Waals surface area contributed by atoms with E-state index in [0.29, 0.717) is 17.4 Å². The molecule has 0 aliphatic carbocycles. The Morgan fingerprint density at radius 3 is 2.89 bits per heavy atom. The summed E-state index contributed by atoms with van der Waals surface area (Å²) in [4.78, 5) is 14.6. The SMILES string of the molecule is CCN1CCCCC1CNC(=O)c1cc(C)oc1C. The molecule has 2 rings (SSSR count). The maximum Gasteiger partial charge on any atom is 0.254 e. The van der Waals surface area contributed by atoms with Crippen molar-refractivity contribution in [1.82, 2.24) is 10.2 Å². The van der Waals surface area contributed by atoms with Crippen LogP contribution in [0.1, 0.15) is 48.1 Å². The van der Waals surface area contributed by atoms with Crippen LogP contribution in [0.15, 0.2) is 10.5 Å². The van der Waals surface area contributed by atoms with Gasteiger partial charge >= 0.3 is 0 Å². The van der Waals surface area contributed by atoms with Gasteiger partial charge in [0, 0.05) is 12.6 Å². The fraction of sp³-hybridized carbons (Fsp3) is 0.667. The van der Waals surface area contributed by atoms with Crippen LogP contribution in [0.5, 0.6) is 0 Å². The Balaban J connectivity index is 1.91. The number of nitrogens with one attached hydrogen (secondary N) is 1. The molecule has 0 bridgehead atoms. The van der Waals surface area contributed by atoms with E-state index in [4.69, 9.17) is 4.42 Å². The van der Waals surface area contributed by atoms with E-state index < -0.39 is 0 Å². The molecular formula is C15H24N2O2. The minimum Gasteiger partial charge on any atom is -0.466 e. The first-order chi connectivity index (χ1) is 9.11. The number of aryl methyl sites for hydroxylation is 2. The van der Waals surface area contributed by atoms with Crippen LogP contribution in [-0.4, -0.2) is 36.5 Å². The summed E-state index contributed by atoms with van der Waals surface area (Å²) in [5, 5.41) is 3.05. The molecule has 1 aromatic heterocycles. The van der Waals surface area contributed by atoms with Crippen LogP contribution < -0.4 is 5.32 Å². The number of carbonyl (C=O) groups is 1. The van der Waals surface area contributed by atoms with Crippen LogP contribution >= 0.6 is 0 Å². The molecule has 19 heavy (non-hydrogen) atoms. The van der Waals surface area contributed by atoms with Gasteiger partial charge in [-0.1, -0.05) is 13.3 Å². The quantitative estimate of drug-likeness (QED) is 0.909. The Bertz CT molecular complexity index is 439. The van der Waals surface area contributed by atoms with Crippen molar-refractivity contribution in [3.05, 3.63) is 23.2 Å². The molecule has 2 heterocycles. The van der Waals surface area contributed by atoms with E-state index in [1.165, 1.54) is 19.3 Å². The fourth-order valence-corrected chi connectivity index (χ4v) is 2.87. The second kappa shape index (κ2) is 6.24. The van der Waals surface area contributed by atoms with Gasteiger partial charge in [0.1, 0.15) is 11.5 Å². The lowest BCUT2D eigenvalue weighted by atomic mass is 10.0. The highest BCUT2D eigenvalue weighted by Crippen LogP contribution is 2.17. The Labute approximate surface area is 115 Å². The zero-order valence-electron chi connectivity index (χ0n) is 12.2. The Morgan fingerprint density at radius 2 is 2.26 bits per heavy atom. The molecule has 1 aliphatic heterocycles. The smallest absolute Gasteiger partial charge is 0.254 e. The first-order valence-corrected chi connectivity index (χ1v) is 7.21. The first-order valence-electron chi connectivity index (χ1n) is 7.21. The highest BCUT2D eigenvalue weighted by atomic mass is 16.3. The summed E-state index contributed by atoms with van der Waals surface area (Å²) >= 11 is 0. The molecule has 1 aliphatic rings. The highest BCUT2D eigenvalue weighted by molar-refractivity contribution is 5.95. The zero-order valence-corrected chi connectivity index (χ0v) is 12.2. The second-order valence-corrected chi connectivity index (χ2v) is 5.32. The molecule has 1 atom stereocenters. The molecule has 4 heteroatoms. The first kappa shape index (κ1) is 14.1. The lowest BCUT2D eigenvalue weighted by Gasteiger charge is -2.34. The number of amides is 1. The van der Waals surface area contributed by atoms with Crippen LogP contribution in [-0.2, 0) is 0 Å². The Kier molecular flexibility index (Phi) is 4.64. The number of furan rings is 1. The van der Waals surface area contributed by atoms with Crippen LogP contribution in [0.2, 0.25) is 0 Å². The summed E-state index contributed by atoms with van der Waals surface area (Å²) in [6, 6.07) is 2.29. The summed E-state index contributed by atoms with van der Waals surface area (Å²) in [5.74, 6) is 1.47. The van der Waals surface area contributed by atoms with E-state index in [1.807, 2.05) is 19.9 Å². The molecule has 0 aromatic carbocycles. The van der Waals surface area contributed by atoms with Crippen molar-refractivity contribution in [2.45, 2.75) is 46.1 Å². The normalized spacial score (nSPS) is 20.5. The van der Waals surface area contributed by atoms with Gasteiger partial charge in [0.2, 0.25) is 0 Å². The van der Waals surface area contributed by atoms with Gasteiger partial charge < -0.3 is 9.73 Å². The van der Waals surface area contributed by atoms with Gasteiger partial charge in [-0.3, -0.25) is 9.69 Å². The zero-order chi connectivity index (χ0) is 13.8. The van der Waals surface area contributed by atoms with E-state index in [2.05, 4.69) is 17.1 Å². The number of piperidine rings is 1. The van der Waals surface area contributed by atoms with Crippen molar-refractivity contribution in [3.63, 3.8) is 0 Å². The molecule has 1 aromatic rings. The lowest BCUT2D eigenvalue weighted by Crippen LogP contribution is -2.46. The van der Waals surface area contributed by atoms with Crippen molar-refractivity contribution in [1.29, 1.82) is 0 Å². The molecule has 1 unspecified atom stereocenters. The van der Waals surface area contributed by atoms with Gasteiger partial charge in [-0.2, -0.15) is 0 Å². The third kappa shape index (κ3) is 3.38. The average Bonchev–Trinajstić information content (AvgIpc) is 2.75. The molecule has 0 saturated carbocycles. The van der Waals surface area contributed by atoms with Crippen molar-refractivity contribution in [3.8, 4) is 0 Å². The number of hydrogen-bond donors (Lipinski definition) is 1. The second-order valence-electron chi connectivity index (χ2n) is 5.32. The van der Waals surface area contributed by atoms with E-state index in [0.717, 1.165) is 25.4 Å². The standard InChI is InChI=1S/C15H24N2O2/c1-4-17-8-6-5-7-13(17)10-16-15(18)14-9-11(2)19-12(14)3/h9,13H,4-8,10H2,1-3H3,(H,16,18). The third-order valence-corrected chi connectivity index (χ3v) is 3.94. The minimum absolute atomic E-state index is 0.0176. The molecular weight excluding hydrogens is 240 g/mol. The molecule has 1 saturated heterocycles. The molecule has 1 amide bonds. The molecule has 4 nitrogen and oxygen atoms in total. The number of likely N-dealkylation sites (tertiary alicyclic amines) is 1. The molecule has 1 fully saturated rings. The van der Waals surface area contributed by atoms with Gasteiger partial charge in [-0.25, -0.2) is 0 Å². The maximum atomic E-state index is 12.1.